The van der Waals surface area contributed by atoms with Gasteiger partial charge in [-0.25, -0.2) is 0 Å². The number of aliphatic hydroxyl groups excluding tert-OH is 1. The highest BCUT2D eigenvalue weighted by atomic mass is 16.5. The Morgan fingerprint density at radius 3 is 2.62 bits per heavy atom. The average molecular weight is 328 g/mol. The van der Waals surface area contributed by atoms with Gasteiger partial charge in [0.25, 0.3) is 0 Å². The zero-order chi connectivity index (χ0) is 17.3. The molecule has 0 aromatic heterocycles. The summed E-state index contributed by atoms with van der Waals surface area (Å²) in [6.07, 6.45) is 11.3. The Morgan fingerprint density at radius 1 is 1.12 bits per heavy atom. The fraction of sp³-hybridized carbons (Fsp3) is 0.667. The summed E-state index contributed by atoms with van der Waals surface area (Å²) in [5.41, 5.74) is 1.19. The van der Waals surface area contributed by atoms with E-state index in [1.807, 2.05) is 0 Å². The number of fused-ring (bicyclic) bond motifs is 4. The lowest BCUT2D eigenvalue weighted by atomic mass is 9.45. The molecule has 0 bridgehead atoms. The predicted molar refractivity (Wildman–Crippen MR) is 93.3 cm³/mol. The molecule has 0 saturated heterocycles. The zero-order valence-corrected chi connectivity index (χ0v) is 15.2. The first-order valence-corrected chi connectivity index (χ1v) is 9.24. The monoisotopic (exact) mass is 328 g/mol. The number of hydrogen-bond donors (Lipinski definition) is 1. The quantitative estimate of drug-likeness (QED) is 0.691. The highest BCUT2D eigenvalue weighted by molar-refractivity contribution is 6.04. The van der Waals surface area contributed by atoms with Crippen molar-refractivity contribution in [2.45, 2.75) is 65.4 Å². The van der Waals surface area contributed by atoms with E-state index in [2.05, 4.69) is 33.8 Å². The number of ether oxygens (including phenoxy) is 1. The van der Waals surface area contributed by atoms with E-state index in [0.29, 0.717) is 23.0 Å². The molecule has 4 aliphatic rings. The van der Waals surface area contributed by atoms with Gasteiger partial charge >= 0.3 is 0 Å². The number of allylic oxidation sites excluding steroid dienone is 2. The summed E-state index contributed by atoms with van der Waals surface area (Å²) in [6.45, 7) is 9.49. The van der Waals surface area contributed by atoms with Crippen LogP contribution in [-0.2, 0) is 9.53 Å². The third-order valence-electron chi connectivity index (χ3n) is 7.35. The fourth-order valence-corrected chi connectivity index (χ4v) is 6.24. The van der Waals surface area contributed by atoms with Crippen molar-refractivity contribution in [3.8, 4) is 0 Å². The van der Waals surface area contributed by atoms with Gasteiger partial charge in [-0.05, 0) is 55.4 Å². The first-order valence-electron chi connectivity index (χ1n) is 9.24. The fourth-order valence-electron chi connectivity index (χ4n) is 6.24. The molecule has 3 aliphatic carbocycles. The predicted octanol–water partition coefficient (Wildman–Crippen LogP) is 4.85. The Balaban J connectivity index is 1.82. The van der Waals surface area contributed by atoms with E-state index in [9.17, 15) is 9.90 Å². The van der Waals surface area contributed by atoms with E-state index < -0.39 is 0 Å². The highest BCUT2D eigenvalue weighted by Gasteiger charge is 2.60. The van der Waals surface area contributed by atoms with Crippen LogP contribution in [0.2, 0.25) is 0 Å². The first-order chi connectivity index (χ1) is 11.2. The lowest BCUT2D eigenvalue weighted by Crippen LogP contribution is -2.58. The van der Waals surface area contributed by atoms with Crippen molar-refractivity contribution in [3.05, 3.63) is 35.3 Å². The van der Waals surface area contributed by atoms with Crippen molar-refractivity contribution in [1.82, 2.24) is 0 Å². The Labute approximate surface area is 144 Å². The minimum absolute atomic E-state index is 0.182. The van der Waals surface area contributed by atoms with E-state index in [1.165, 1.54) is 31.8 Å². The van der Waals surface area contributed by atoms with Crippen molar-refractivity contribution in [2.75, 3.05) is 0 Å². The van der Waals surface area contributed by atoms with Crippen LogP contribution < -0.4 is 0 Å². The molecule has 0 aromatic carbocycles. The van der Waals surface area contributed by atoms with Crippen molar-refractivity contribution in [1.29, 1.82) is 0 Å². The number of hydrogen-bond acceptors (Lipinski definition) is 3. The Bertz CT molecular complexity index is 696. The maximum atomic E-state index is 11.8. The second-order valence-corrected chi connectivity index (χ2v) is 9.36. The maximum Gasteiger partial charge on any atom is 0.223 e. The van der Waals surface area contributed by atoms with Gasteiger partial charge in [-0.2, -0.15) is 0 Å². The van der Waals surface area contributed by atoms with Gasteiger partial charge in [-0.1, -0.05) is 33.3 Å². The van der Waals surface area contributed by atoms with E-state index in [-0.39, 0.29) is 22.6 Å². The van der Waals surface area contributed by atoms with Gasteiger partial charge in [0, 0.05) is 17.6 Å². The lowest BCUT2D eigenvalue weighted by Gasteiger charge is -2.62. The van der Waals surface area contributed by atoms with Crippen LogP contribution in [0, 0.1) is 22.7 Å². The Hall–Kier alpha value is -1.51. The van der Waals surface area contributed by atoms with E-state index in [1.54, 1.807) is 6.08 Å². The number of aliphatic hydroxyl groups is 1. The minimum atomic E-state index is -0.358. The molecule has 0 amide bonds. The number of ketones is 1. The molecule has 130 valence electrons. The normalized spacial score (nSPS) is 43.3. The van der Waals surface area contributed by atoms with Crippen LogP contribution in [0.5, 0.6) is 0 Å². The third-order valence-corrected chi connectivity index (χ3v) is 7.35. The highest BCUT2D eigenvalue weighted by Crippen LogP contribution is 2.64. The van der Waals surface area contributed by atoms with Crippen molar-refractivity contribution >= 4 is 5.78 Å². The smallest absolute Gasteiger partial charge is 0.223 e. The molecule has 24 heavy (non-hydrogen) atoms. The average Bonchev–Trinajstić information content (AvgIpc) is 2.46. The molecule has 4 atom stereocenters. The summed E-state index contributed by atoms with van der Waals surface area (Å²) in [7, 11) is 0. The molecule has 1 heterocycles. The van der Waals surface area contributed by atoms with Crippen LogP contribution in [0.15, 0.2) is 35.3 Å². The van der Waals surface area contributed by atoms with Crippen molar-refractivity contribution < 1.29 is 14.6 Å². The molecule has 2 saturated carbocycles. The van der Waals surface area contributed by atoms with Gasteiger partial charge in [0.15, 0.2) is 5.76 Å². The largest absolute Gasteiger partial charge is 0.504 e. The molecule has 0 radical (unpaired) electrons. The van der Waals surface area contributed by atoms with Crippen LogP contribution in [0.1, 0.15) is 59.8 Å². The molecule has 4 rings (SSSR count). The SMILES string of the molecule is CC1(C)CCC[C@]2(C)[C@H]1CC[C@@]1(C)OC3=CC(=O)C(O)=CC3=C[C@@H]21. The summed E-state index contributed by atoms with van der Waals surface area (Å²) in [5, 5.41) is 9.83. The minimum Gasteiger partial charge on any atom is -0.504 e. The second-order valence-electron chi connectivity index (χ2n) is 9.36. The Kier molecular flexibility index (Phi) is 3.18. The van der Waals surface area contributed by atoms with Gasteiger partial charge in [-0.15, -0.1) is 0 Å². The van der Waals surface area contributed by atoms with Gasteiger partial charge in [-0.3, -0.25) is 4.79 Å². The van der Waals surface area contributed by atoms with E-state index in [0.717, 1.165) is 12.0 Å². The lowest BCUT2D eigenvalue weighted by molar-refractivity contribution is -0.162. The molecule has 1 N–H and O–H groups in total. The summed E-state index contributed by atoms with van der Waals surface area (Å²) in [4.78, 5) is 11.8. The topological polar surface area (TPSA) is 46.5 Å². The van der Waals surface area contributed by atoms with Gasteiger partial charge in [0.1, 0.15) is 11.4 Å². The molecule has 1 aliphatic heterocycles. The molecule has 0 spiro atoms. The summed E-state index contributed by atoms with van der Waals surface area (Å²) >= 11 is 0. The molecule has 3 nitrogen and oxygen atoms in total. The zero-order valence-electron chi connectivity index (χ0n) is 15.2. The van der Waals surface area contributed by atoms with Crippen LogP contribution in [0.3, 0.4) is 0 Å². The van der Waals surface area contributed by atoms with Gasteiger partial charge < -0.3 is 9.84 Å². The third kappa shape index (κ3) is 2.06. The summed E-state index contributed by atoms with van der Waals surface area (Å²) < 4.78 is 6.40. The van der Waals surface area contributed by atoms with Crippen LogP contribution >= 0.6 is 0 Å². The first kappa shape index (κ1) is 16.0. The number of rotatable bonds is 0. The summed E-state index contributed by atoms with van der Waals surface area (Å²) in [5.74, 6) is 1.09. The number of carbonyl (C=O) groups is 1. The Morgan fingerprint density at radius 2 is 1.88 bits per heavy atom. The van der Waals surface area contributed by atoms with Gasteiger partial charge in [0.2, 0.25) is 5.78 Å². The van der Waals surface area contributed by atoms with Crippen LogP contribution in [0.25, 0.3) is 0 Å². The van der Waals surface area contributed by atoms with E-state index >= 15 is 0 Å². The standard InChI is InChI=1S/C21H28O3/c1-19(2)7-5-8-20(3)17(19)6-9-21(4)18(20)11-13-10-14(22)15(23)12-16(13)24-21/h10-12,17-18,22H,5-9H2,1-4H3/t17-,18-,20+,21+/m0/s1. The maximum absolute atomic E-state index is 11.8. The summed E-state index contributed by atoms with van der Waals surface area (Å²) in [6, 6.07) is 0. The molecule has 2 fully saturated rings. The molecular weight excluding hydrogens is 300 g/mol. The molecule has 0 aromatic rings. The van der Waals surface area contributed by atoms with Crippen LogP contribution in [0.4, 0.5) is 0 Å². The number of carbonyl (C=O) groups excluding carboxylic acids is 1. The molecule has 3 heteroatoms. The molecular formula is C21H28O3. The van der Waals surface area contributed by atoms with Crippen molar-refractivity contribution in [3.63, 3.8) is 0 Å². The van der Waals surface area contributed by atoms with Crippen molar-refractivity contribution in [2.24, 2.45) is 22.7 Å². The second kappa shape index (κ2) is 4.77. The molecule has 0 unspecified atom stereocenters. The van der Waals surface area contributed by atoms with E-state index in [4.69, 9.17) is 4.74 Å². The van der Waals surface area contributed by atoms with Gasteiger partial charge in [0.05, 0.1) is 0 Å². The van der Waals surface area contributed by atoms with Crippen LogP contribution in [-0.4, -0.2) is 16.5 Å².